The zero-order valence-corrected chi connectivity index (χ0v) is 10.7. The number of anilines is 1. The van der Waals surface area contributed by atoms with E-state index in [0.717, 1.165) is 6.07 Å². The maximum absolute atomic E-state index is 10.8. The molecule has 18 heavy (non-hydrogen) atoms. The van der Waals surface area contributed by atoms with E-state index in [2.05, 4.69) is 21.2 Å². The van der Waals surface area contributed by atoms with Crippen LogP contribution < -0.4 is 5.32 Å². The molecule has 0 saturated carbocycles. The summed E-state index contributed by atoms with van der Waals surface area (Å²) in [5, 5.41) is 22.9. The highest BCUT2D eigenvalue weighted by Crippen LogP contribution is 2.28. The van der Waals surface area contributed by atoms with Gasteiger partial charge in [-0.25, -0.2) is 0 Å². The van der Waals surface area contributed by atoms with Crippen molar-refractivity contribution in [2.24, 2.45) is 0 Å². The van der Waals surface area contributed by atoms with Gasteiger partial charge in [-0.05, 0) is 40.2 Å². The minimum atomic E-state index is -0.555. The zero-order chi connectivity index (χ0) is 13.1. The van der Waals surface area contributed by atoms with Gasteiger partial charge in [-0.3, -0.25) is 10.1 Å². The van der Waals surface area contributed by atoms with Crippen LogP contribution in [-0.4, -0.2) is 10.0 Å². The second-order valence-electron chi connectivity index (χ2n) is 3.52. The van der Waals surface area contributed by atoms with Crippen molar-refractivity contribution >= 4 is 27.3 Å². The van der Waals surface area contributed by atoms with Gasteiger partial charge in [0.25, 0.3) is 5.69 Å². The molecular formula is C11H9BrN2O4. The molecule has 0 fully saturated rings. The van der Waals surface area contributed by atoms with Crippen molar-refractivity contribution in [3.8, 4) is 5.75 Å². The first kappa shape index (κ1) is 12.4. The molecule has 1 heterocycles. The van der Waals surface area contributed by atoms with E-state index < -0.39 is 4.92 Å². The van der Waals surface area contributed by atoms with Crippen molar-refractivity contribution < 1.29 is 14.4 Å². The average molecular weight is 313 g/mol. The Hall–Kier alpha value is -2.02. The normalized spacial score (nSPS) is 10.3. The molecule has 94 valence electrons. The fraction of sp³-hybridized carbons (Fsp3) is 0.0909. The number of rotatable bonds is 4. The van der Waals surface area contributed by atoms with Gasteiger partial charge in [0.15, 0.2) is 4.67 Å². The van der Waals surface area contributed by atoms with E-state index >= 15 is 0 Å². The van der Waals surface area contributed by atoms with Crippen molar-refractivity contribution in [2.45, 2.75) is 6.54 Å². The summed E-state index contributed by atoms with van der Waals surface area (Å²) in [6.07, 6.45) is 0. The standard InChI is InChI=1S/C11H9BrN2O4/c12-11-4-2-8(18-11)6-13-9-3-1-7(15)5-10(9)14(16)17/h1-5,13,15H,6H2. The molecule has 0 saturated heterocycles. The summed E-state index contributed by atoms with van der Waals surface area (Å²) < 4.78 is 5.86. The summed E-state index contributed by atoms with van der Waals surface area (Å²) in [7, 11) is 0. The van der Waals surface area contributed by atoms with E-state index in [-0.39, 0.29) is 11.4 Å². The van der Waals surface area contributed by atoms with E-state index in [1.165, 1.54) is 12.1 Å². The van der Waals surface area contributed by atoms with Gasteiger partial charge >= 0.3 is 0 Å². The van der Waals surface area contributed by atoms with Gasteiger partial charge < -0.3 is 14.8 Å². The van der Waals surface area contributed by atoms with Crippen LogP contribution in [0.5, 0.6) is 5.75 Å². The molecule has 1 aromatic carbocycles. The second kappa shape index (κ2) is 5.09. The molecule has 0 aliphatic carbocycles. The highest BCUT2D eigenvalue weighted by atomic mass is 79.9. The Labute approximate surface area is 111 Å². The number of aromatic hydroxyl groups is 1. The maximum Gasteiger partial charge on any atom is 0.296 e. The largest absolute Gasteiger partial charge is 0.508 e. The molecule has 0 atom stereocenters. The predicted molar refractivity (Wildman–Crippen MR) is 68.5 cm³/mol. The van der Waals surface area contributed by atoms with Crippen LogP contribution in [0.15, 0.2) is 39.4 Å². The van der Waals surface area contributed by atoms with Crippen LogP contribution in [0.4, 0.5) is 11.4 Å². The molecule has 6 nitrogen and oxygen atoms in total. The highest BCUT2D eigenvalue weighted by molar-refractivity contribution is 9.10. The molecular weight excluding hydrogens is 304 g/mol. The lowest BCUT2D eigenvalue weighted by Crippen LogP contribution is -2.01. The van der Waals surface area contributed by atoms with Crippen molar-refractivity contribution in [3.05, 3.63) is 50.9 Å². The topological polar surface area (TPSA) is 88.5 Å². The third-order valence-electron chi connectivity index (χ3n) is 2.26. The smallest absolute Gasteiger partial charge is 0.296 e. The molecule has 2 N–H and O–H groups in total. The SMILES string of the molecule is O=[N+]([O-])c1cc(O)ccc1NCc1ccc(Br)o1. The van der Waals surface area contributed by atoms with Crippen LogP contribution in [-0.2, 0) is 6.54 Å². The number of phenolic OH excluding ortho intramolecular Hbond substituents is 1. The number of hydrogen-bond acceptors (Lipinski definition) is 5. The Morgan fingerprint density at radius 3 is 2.78 bits per heavy atom. The minimum Gasteiger partial charge on any atom is -0.508 e. The number of halogens is 1. The van der Waals surface area contributed by atoms with Crippen LogP contribution >= 0.6 is 15.9 Å². The van der Waals surface area contributed by atoms with E-state index in [9.17, 15) is 15.2 Å². The van der Waals surface area contributed by atoms with Crippen molar-refractivity contribution in [2.75, 3.05) is 5.32 Å². The zero-order valence-electron chi connectivity index (χ0n) is 9.09. The molecule has 0 aliphatic rings. The third-order valence-corrected chi connectivity index (χ3v) is 2.69. The van der Waals surface area contributed by atoms with Crippen LogP contribution in [0, 0.1) is 10.1 Å². The van der Waals surface area contributed by atoms with Crippen LogP contribution in [0.3, 0.4) is 0 Å². The fourth-order valence-electron chi connectivity index (χ4n) is 1.45. The minimum absolute atomic E-state index is 0.145. The van der Waals surface area contributed by atoms with Gasteiger partial charge in [0.1, 0.15) is 17.2 Å². The first-order valence-electron chi connectivity index (χ1n) is 5.02. The van der Waals surface area contributed by atoms with Gasteiger partial charge in [0.2, 0.25) is 0 Å². The first-order chi connectivity index (χ1) is 8.56. The lowest BCUT2D eigenvalue weighted by atomic mass is 10.2. The molecule has 1 aromatic heterocycles. The van der Waals surface area contributed by atoms with E-state index in [1.807, 2.05) is 0 Å². The monoisotopic (exact) mass is 312 g/mol. The Morgan fingerprint density at radius 1 is 1.39 bits per heavy atom. The van der Waals surface area contributed by atoms with Crippen molar-refractivity contribution in [1.29, 1.82) is 0 Å². The summed E-state index contributed by atoms with van der Waals surface area (Å²) in [5.74, 6) is 0.497. The van der Waals surface area contributed by atoms with Crippen LogP contribution in [0.1, 0.15) is 5.76 Å². The molecule has 0 spiro atoms. The number of hydrogen-bond donors (Lipinski definition) is 2. The molecule has 0 unspecified atom stereocenters. The number of furan rings is 1. The lowest BCUT2D eigenvalue weighted by molar-refractivity contribution is -0.384. The van der Waals surface area contributed by atoms with Gasteiger partial charge in [0.05, 0.1) is 17.5 Å². The summed E-state index contributed by atoms with van der Waals surface area (Å²) in [6.45, 7) is 0.317. The maximum atomic E-state index is 10.8. The molecule has 2 rings (SSSR count). The first-order valence-corrected chi connectivity index (χ1v) is 5.81. The van der Waals surface area contributed by atoms with Gasteiger partial charge in [-0.1, -0.05) is 0 Å². The third kappa shape index (κ3) is 2.80. The number of nitrogens with one attached hydrogen (secondary N) is 1. The van der Waals surface area contributed by atoms with E-state index in [4.69, 9.17) is 4.42 Å². The van der Waals surface area contributed by atoms with E-state index in [1.54, 1.807) is 12.1 Å². The Balaban J connectivity index is 2.16. The summed E-state index contributed by atoms with van der Waals surface area (Å²) in [6, 6.07) is 7.42. The Morgan fingerprint density at radius 2 is 2.17 bits per heavy atom. The fourth-order valence-corrected chi connectivity index (χ4v) is 1.79. The van der Waals surface area contributed by atoms with Gasteiger partial charge in [-0.15, -0.1) is 0 Å². The van der Waals surface area contributed by atoms with Crippen molar-refractivity contribution in [3.63, 3.8) is 0 Å². The second-order valence-corrected chi connectivity index (χ2v) is 4.30. The Bertz CT molecular complexity index is 582. The quantitative estimate of drug-likeness (QED) is 0.514. The summed E-state index contributed by atoms with van der Waals surface area (Å²) in [4.78, 5) is 10.3. The summed E-state index contributed by atoms with van der Waals surface area (Å²) in [5.41, 5.74) is 0.144. The number of nitro groups is 1. The molecule has 0 radical (unpaired) electrons. The molecule has 0 amide bonds. The highest BCUT2D eigenvalue weighted by Gasteiger charge is 2.14. The molecule has 7 heteroatoms. The molecule has 0 bridgehead atoms. The molecule has 0 aliphatic heterocycles. The Kier molecular flexibility index (Phi) is 3.52. The predicted octanol–water partition coefficient (Wildman–Crippen LogP) is 3.27. The van der Waals surface area contributed by atoms with Crippen molar-refractivity contribution in [1.82, 2.24) is 0 Å². The average Bonchev–Trinajstić information content (AvgIpc) is 2.73. The number of nitro benzene ring substituents is 1. The van der Waals surface area contributed by atoms with Crippen LogP contribution in [0.2, 0.25) is 0 Å². The van der Waals surface area contributed by atoms with Gasteiger partial charge in [-0.2, -0.15) is 0 Å². The number of nitrogens with zero attached hydrogens (tertiary/aromatic N) is 1. The van der Waals surface area contributed by atoms with Gasteiger partial charge in [0, 0.05) is 0 Å². The van der Waals surface area contributed by atoms with E-state index in [0.29, 0.717) is 22.7 Å². The summed E-state index contributed by atoms with van der Waals surface area (Å²) >= 11 is 3.17. The lowest BCUT2D eigenvalue weighted by Gasteiger charge is -2.05. The van der Waals surface area contributed by atoms with Crippen LogP contribution in [0.25, 0.3) is 0 Å². The molecule has 2 aromatic rings. The number of phenols is 1. The number of benzene rings is 1.